The first-order chi connectivity index (χ1) is 9.65. The number of carbonyl (C=O) groups is 1. The summed E-state index contributed by atoms with van der Waals surface area (Å²) in [6, 6.07) is 15.7. The van der Waals surface area contributed by atoms with Crippen LogP contribution in [0.15, 0.2) is 53.0 Å². The minimum Gasteiger partial charge on any atom is -0.344 e. The fourth-order valence-electron chi connectivity index (χ4n) is 2.57. The molecular weight excluding hydrogens is 382 g/mol. The Kier molecular flexibility index (Phi) is 3.94. The Labute approximate surface area is 134 Å². The number of amides is 1. The van der Waals surface area contributed by atoms with Gasteiger partial charge in [-0.25, -0.2) is 0 Å². The fourth-order valence-corrected chi connectivity index (χ4v) is 3.73. The maximum absolute atomic E-state index is 12.4. The number of rotatable bonds is 2. The van der Waals surface area contributed by atoms with Crippen LogP contribution in [0, 0.1) is 0 Å². The van der Waals surface area contributed by atoms with Crippen LogP contribution in [-0.4, -0.2) is 10.7 Å². The monoisotopic (exact) mass is 393 g/mol. The number of fused-ring (bicyclic) bond motifs is 1. The maximum Gasteiger partial charge on any atom is 0.251 e. The molecule has 0 saturated heterocycles. The summed E-state index contributed by atoms with van der Waals surface area (Å²) in [6.07, 6.45) is 0.944. The molecule has 0 spiro atoms. The molecule has 20 heavy (non-hydrogen) atoms. The second kappa shape index (κ2) is 5.70. The Bertz CT molecular complexity index is 656. The first-order valence-electron chi connectivity index (χ1n) is 6.43. The van der Waals surface area contributed by atoms with Gasteiger partial charge in [0.05, 0.1) is 6.04 Å². The average Bonchev–Trinajstić information content (AvgIpc) is 2.75. The minimum absolute atomic E-state index is 0.0256. The van der Waals surface area contributed by atoms with Gasteiger partial charge in [0, 0.05) is 14.9 Å². The summed E-state index contributed by atoms with van der Waals surface area (Å²) in [6.45, 7) is 0. The van der Waals surface area contributed by atoms with Crippen molar-refractivity contribution in [3.63, 3.8) is 0 Å². The molecule has 4 heteroatoms. The number of nitrogens with one attached hydrogen (secondary N) is 1. The zero-order valence-electron chi connectivity index (χ0n) is 10.6. The molecular formula is C16H13Br2NO. The highest BCUT2D eigenvalue weighted by atomic mass is 79.9. The van der Waals surface area contributed by atoms with Crippen LogP contribution in [0.25, 0.3) is 0 Å². The number of hydrogen-bond donors (Lipinski definition) is 1. The second-order valence-electron chi connectivity index (χ2n) is 4.88. The molecule has 1 N–H and O–H groups in total. The second-order valence-corrected chi connectivity index (χ2v) is 6.97. The van der Waals surface area contributed by atoms with E-state index in [-0.39, 0.29) is 16.8 Å². The summed E-state index contributed by atoms with van der Waals surface area (Å²) in [7, 11) is 0. The zero-order chi connectivity index (χ0) is 14.1. The molecule has 1 amide bonds. The molecule has 1 aliphatic carbocycles. The molecule has 2 nitrogen and oxygen atoms in total. The predicted octanol–water partition coefficient (Wildman–Crippen LogP) is 4.24. The minimum atomic E-state index is -0.0440. The van der Waals surface area contributed by atoms with Crippen LogP contribution in [0.3, 0.4) is 0 Å². The first kappa shape index (κ1) is 13.8. The summed E-state index contributed by atoms with van der Waals surface area (Å²) in [5.41, 5.74) is 3.18. The molecule has 2 aromatic carbocycles. The maximum atomic E-state index is 12.4. The van der Waals surface area contributed by atoms with Crippen LogP contribution < -0.4 is 5.32 Å². The van der Waals surface area contributed by atoms with E-state index in [1.54, 1.807) is 0 Å². The van der Waals surface area contributed by atoms with Crippen LogP contribution in [0.1, 0.15) is 27.5 Å². The molecule has 0 heterocycles. The molecule has 2 unspecified atom stereocenters. The summed E-state index contributed by atoms with van der Waals surface area (Å²) in [5.74, 6) is -0.0440. The van der Waals surface area contributed by atoms with Gasteiger partial charge in [0.1, 0.15) is 0 Å². The predicted molar refractivity (Wildman–Crippen MR) is 87.2 cm³/mol. The van der Waals surface area contributed by atoms with E-state index in [9.17, 15) is 4.79 Å². The van der Waals surface area contributed by atoms with Gasteiger partial charge in [0.15, 0.2) is 0 Å². The number of alkyl halides is 1. The lowest BCUT2D eigenvalue weighted by molar-refractivity contribution is 0.0938. The smallest absolute Gasteiger partial charge is 0.251 e. The standard InChI is InChI=1S/C16H13Br2NO/c17-12-6-3-5-11(8-12)16(20)19-15-13-7-2-1-4-10(13)9-14(15)18/h1-8,14-15H,9H2,(H,19,20). The van der Waals surface area contributed by atoms with Crippen LogP contribution in [-0.2, 0) is 6.42 Å². The normalized spacial score (nSPS) is 20.5. The summed E-state index contributed by atoms with van der Waals surface area (Å²) in [5, 5.41) is 3.12. The Morgan fingerprint density at radius 1 is 1.15 bits per heavy atom. The molecule has 0 bridgehead atoms. The van der Waals surface area contributed by atoms with Gasteiger partial charge < -0.3 is 5.32 Å². The zero-order valence-corrected chi connectivity index (χ0v) is 13.8. The number of hydrogen-bond acceptors (Lipinski definition) is 1. The van der Waals surface area contributed by atoms with E-state index in [4.69, 9.17) is 0 Å². The quantitative estimate of drug-likeness (QED) is 0.758. The van der Waals surface area contributed by atoms with E-state index in [0.717, 1.165) is 10.9 Å². The molecule has 0 saturated carbocycles. The molecule has 3 rings (SSSR count). The fraction of sp³-hybridized carbons (Fsp3) is 0.188. The highest BCUT2D eigenvalue weighted by Crippen LogP contribution is 2.35. The van der Waals surface area contributed by atoms with Crippen molar-refractivity contribution < 1.29 is 4.79 Å². The van der Waals surface area contributed by atoms with Crippen molar-refractivity contribution in [1.82, 2.24) is 5.32 Å². The lowest BCUT2D eigenvalue weighted by Gasteiger charge is -2.17. The van der Waals surface area contributed by atoms with Gasteiger partial charge in [-0.05, 0) is 35.7 Å². The molecule has 102 valence electrons. The van der Waals surface area contributed by atoms with Crippen molar-refractivity contribution >= 4 is 37.8 Å². The van der Waals surface area contributed by atoms with Gasteiger partial charge in [0.2, 0.25) is 0 Å². The lowest BCUT2D eigenvalue weighted by atomic mass is 10.1. The third-order valence-corrected chi connectivity index (χ3v) is 4.89. The van der Waals surface area contributed by atoms with Crippen molar-refractivity contribution in [3.05, 3.63) is 69.7 Å². The molecule has 2 atom stereocenters. The topological polar surface area (TPSA) is 29.1 Å². The summed E-state index contributed by atoms with van der Waals surface area (Å²) < 4.78 is 0.910. The van der Waals surface area contributed by atoms with Crippen LogP contribution in [0.4, 0.5) is 0 Å². The SMILES string of the molecule is O=C(NC1c2ccccc2CC1Br)c1cccc(Br)c1. The van der Waals surface area contributed by atoms with Crippen molar-refractivity contribution in [2.45, 2.75) is 17.3 Å². The molecule has 2 aromatic rings. The van der Waals surface area contributed by atoms with Crippen molar-refractivity contribution in [3.8, 4) is 0 Å². The van der Waals surface area contributed by atoms with Crippen LogP contribution in [0.5, 0.6) is 0 Å². The molecule has 0 aliphatic heterocycles. The molecule has 0 fully saturated rings. The third-order valence-electron chi connectivity index (χ3n) is 3.54. The third kappa shape index (κ3) is 2.67. The highest BCUT2D eigenvalue weighted by Gasteiger charge is 2.31. The van der Waals surface area contributed by atoms with Gasteiger partial charge in [-0.15, -0.1) is 0 Å². The van der Waals surface area contributed by atoms with Gasteiger partial charge in [-0.3, -0.25) is 4.79 Å². The van der Waals surface area contributed by atoms with Crippen molar-refractivity contribution in [2.24, 2.45) is 0 Å². The van der Waals surface area contributed by atoms with E-state index in [1.807, 2.05) is 36.4 Å². The highest BCUT2D eigenvalue weighted by molar-refractivity contribution is 9.10. The van der Waals surface area contributed by atoms with Crippen LogP contribution in [0.2, 0.25) is 0 Å². The van der Waals surface area contributed by atoms with E-state index in [0.29, 0.717) is 5.56 Å². The van der Waals surface area contributed by atoms with E-state index in [2.05, 4.69) is 49.3 Å². The number of carbonyl (C=O) groups excluding carboxylic acids is 1. The largest absolute Gasteiger partial charge is 0.344 e. The van der Waals surface area contributed by atoms with Gasteiger partial charge >= 0.3 is 0 Å². The van der Waals surface area contributed by atoms with Crippen LogP contribution >= 0.6 is 31.9 Å². The van der Waals surface area contributed by atoms with E-state index >= 15 is 0 Å². The van der Waals surface area contributed by atoms with E-state index < -0.39 is 0 Å². The summed E-state index contributed by atoms with van der Waals surface area (Å²) in [4.78, 5) is 12.6. The van der Waals surface area contributed by atoms with Crippen molar-refractivity contribution in [2.75, 3.05) is 0 Å². The molecule has 1 aliphatic rings. The van der Waals surface area contributed by atoms with Crippen molar-refractivity contribution in [1.29, 1.82) is 0 Å². The van der Waals surface area contributed by atoms with Gasteiger partial charge in [-0.2, -0.15) is 0 Å². The lowest BCUT2D eigenvalue weighted by Crippen LogP contribution is -2.31. The molecule has 0 radical (unpaired) electrons. The number of halogens is 2. The first-order valence-corrected chi connectivity index (χ1v) is 8.14. The van der Waals surface area contributed by atoms with Gasteiger partial charge in [0.25, 0.3) is 5.91 Å². The Balaban J connectivity index is 1.83. The Hall–Kier alpha value is -1.13. The Morgan fingerprint density at radius 3 is 2.75 bits per heavy atom. The van der Waals surface area contributed by atoms with E-state index in [1.165, 1.54) is 11.1 Å². The number of benzene rings is 2. The molecule has 0 aromatic heterocycles. The van der Waals surface area contributed by atoms with Gasteiger partial charge in [-0.1, -0.05) is 62.2 Å². The summed E-state index contributed by atoms with van der Waals surface area (Å²) >= 11 is 7.07. The Morgan fingerprint density at radius 2 is 1.95 bits per heavy atom. The average molecular weight is 395 g/mol.